The number of rotatable bonds is 4. The van der Waals surface area contributed by atoms with Gasteiger partial charge in [0.15, 0.2) is 5.76 Å². The van der Waals surface area contributed by atoms with Crippen molar-refractivity contribution in [1.82, 2.24) is 4.90 Å². The number of hydrogen-bond donors (Lipinski definition) is 0. The number of likely N-dealkylation sites (tertiary alicyclic amines) is 1. The number of likely N-dealkylation sites (N-methyl/N-ethyl adjacent to an activating group) is 1. The fraction of sp³-hybridized carbons (Fsp3) is 0.278. The van der Waals surface area contributed by atoms with Gasteiger partial charge in [0.25, 0.3) is 0 Å². The molecule has 1 fully saturated rings. The van der Waals surface area contributed by atoms with Crippen molar-refractivity contribution < 1.29 is 17.9 Å². The zero-order valence-electron chi connectivity index (χ0n) is 13.3. The van der Waals surface area contributed by atoms with Crippen LogP contribution in [0.25, 0.3) is 0 Å². The largest absolute Gasteiger partial charge is 0.573 e. The first-order valence-corrected chi connectivity index (χ1v) is 7.53. The molecule has 1 aromatic rings. The number of halogens is 3. The van der Waals surface area contributed by atoms with Crippen LogP contribution in [0.1, 0.15) is 5.56 Å². The molecule has 3 rings (SSSR count). The van der Waals surface area contributed by atoms with Crippen molar-refractivity contribution in [3.05, 3.63) is 64.9 Å². The molecule has 1 aromatic carbocycles. The maximum atomic E-state index is 12.1. The van der Waals surface area contributed by atoms with Crippen LogP contribution in [0.2, 0.25) is 0 Å². The van der Waals surface area contributed by atoms with Crippen LogP contribution in [0, 0.1) is 11.3 Å². The van der Waals surface area contributed by atoms with E-state index >= 15 is 0 Å². The van der Waals surface area contributed by atoms with Gasteiger partial charge >= 0.3 is 6.36 Å². The molecular formula is C18H14F3N3O. The second-order valence-electron chi connectivity index (χ2n) is 5.71. The molecule has 4 nitrogen and oxygen atoms in total. The number of hydrogen-bond acceptors (Lipinski definition) is 4. The summed E-state index contributed by atoms with van der Waals surface area (Å²) in [5.74, 6) is -0.400. The Bertz CT molecular complexity index is 830. The predicted molar refractivity (Wildman–Crippen MR) is 85.3 cm³/mol. The molecule has 0 unspecified atom stereocenters. The van der Waals surface area contributed by atoms with E-state index < -0.39 is 12.1 Å². The average Bonchev–Trinajstić information content (AvgIpc) is 2.53. The predicted octanol–water partition coefficient (Wildman–Crippen LogP) is 3.31. The van der Waals surface area contributed by atoms with Gasteiger partial charge in [-0.15, -0.1) is 13.2 Å². The molecular weight excluding hydrogens is 331 g/mol. The third-order valence-electron chi connectivity index (χ3n) is 4.09. The lowest BCUT2D eigenvalue weighted by atomic mass is 10.0. The molecule has 0 amide bonds. The third-order valence-corrected chi connectivity index (χ3v) is 4.09. The highest BCUT2D eigenvalue weighted by Crippen LogP contribution is 2.26. The second-order valence-corrected chi connectivity index (χ2v) is 5.71. The lowest BCUT2D eigenvalue weighted by Gasteiger charge is -2.46. The number of alkyl halides is 3. The smallest absolute Gasteiger partial charge is 0.397 e. The summed E-state index contributed by atoms with van der Waals surface area (Å²) in [4.78, 5) is 4.11. The van der Waals surface area contributed by atoms with Crippen LogP contribution in [-0.2, 0) is 4.74 Å². The molecule has 0 radical (unpaired) electrons. The molecule has 0 spiro atoms. The van der Waals surface area contributed by atoms with Gasteiger partial charge in [-0.2, -0.15) is 5.26 Å². The van der Waals surface area contributed by atoms with Crippen molar-refractivity contribution in [2.24, 2.45) is 0 Å². The maximum Gasteiger partial charge on any atom is 0.573 e. The number of benzene rings is 1. The quantitative estimate of drug-likeness (QED) is 0.785. The van der Waals surface area contributed by atoms with Crippen molar-refractivity contribution in [2.45, 2.75) is 12.4 Å². The lowest BCUT2D eigenvalue weighted by Crippen LogP contribution is -2.57. The van der Waals surface area contributed by atoms with Crippen LogP contribution in [-0.4, -0.2) is 37.4 Å². The van der Waals surface area contributed by atoms with Crippen LogP contribution in [0.5, 0.6) is 0 Å². The topological polar surface area (TPSA) is 39.5 Å². The minimum absolute atomic E-state index is 0.271. The lowest BCUT2D eigenvalue weighted by molar-refractivity contribution is -0.303. The van der Waals surface area contributed by atoms with Gasteiger partial charge in [0.1, 0.15) is 0 Å². The minimum Gasteiger partial charge on any atom is -0.397 e. The molecule has 0 saturated carbocycles. The van der Waals surface area contributed by atoms with Crippen LogP contribution < -0.4 is 4.90 Å². The van der Waals surface area contributed by atoms with Crippen molar-refractivity contribution in [2.75, 3.05) is 25.0 Å². The van der Waals surface area contributed by atoms with E-state index in [1.54, 1.807) is 12.1 Å². The summed E-state index contributed by atoms with van der Waals surface area (Å²) >= 11 is 0. The van der Waals surface area contributed by atoms with E-state index in [0.29, 0.717) is 11.3 Å². The zero-order valence-corrected chi connectivity index (χ0v) is 13.3. The summed E-state index contributed by atoms with van der Waals surface area (Å²) in [6, 6.07) is 9.68. The first-order valence-electron chi connectivity index (χ1n) is 7.53. The van der Waals surface area contributed by atoms with Crippen LogP contribution in [0.4, 0.5) is 18.9 Å². The Hall–Kier alpha value is -3.06. The van der Waals surface area contributed by atoms with Crippen molar-refractivity contribution >= 4 is 5.69 Å². The molecule has 1 aliphatic heterocycles. The van der Waals surface area contributed by atoms with Gasteiger partial charge in [0, 0.05) is 25.8 Å². The zero-order chi connectivity index (χ0) is 18.0. The Morgan fingerprint density at radius 2 is 1.88 bits per heavy atom. The fourth-order valence-corrected chi connectivity index (χ4v) is 2.61. The number of nitrogens with zero attached hydrogens (tertiary/aromatic N) is 3. The van der Waals surface area contributed by atoms with E-state index in [0.717, 1.165) is 18.8 Å². The van der Waals surface area contributed by atoms with Gasteiger partial charge in [0.2, 0.25) is 0 Å². The Morgan fingerprint density at radius 1 is 1.20 bits per heavy atom. The Balaban J connectivity index is 1.62. The van der Waals surface area contributed by atoms with Crippen LogP contribution in [0.3, 0.4) is 0 Å². The molecule has 128 valence electrons. The molecule has 7 heteroatoms. The molecule has 1 saturated heterocycles. The normalized spacial score (nSPS) is 16.7. The van der Waals surface area contributed by atoms with E-state index in [9.17, 15) is 13.2 Å². The van der Waals surface area contributed by atoms with Gasteiger partial charge in [0.05, 0.1) is 23.4 Å². The molecule has 25 heavy (non-hydrogen) atoms. The highest BCUT2D eigenvalue weighted by Gasteiger charge is 2.33. The molecule has 1 aliphatic carbocycles. The van der Waals surface area contributed by atoms with Gasteiger partial charge in [-0.3, -0.25) is 0 Å². The molecule has 0 atom stereocenters. The Morgan fingerprint density at radius 3 is 2.40 bits per heavy atom. The molecule has 0 aromatic heterocycles. The summed E-state index contributed by atoms with van der Waals surface area (Å²) in [6.45, 7) is 1.45. The van der Waals surface area contributed by atoms with Crippen LogP contribution in [0.15, 0.2) is 59.3 Å². The maximum absolute atomic E-state index is 12.1. The Labute approximate surface area is 143 Å². The number of anilines is 1. The summed E-state index contributed by atoms with van der Waals surface area (Å²) in [6.07, 6.45) is -1.95. The van der Waals surface area contributed by atoms with E-state index in [4.69, 9.17) is 5.26 Å². The van der Waals surface area contributed by atoms with Crippen LogP contribution >= 0.6 is 0 Å². The number of allylic oxidation sites excluding steroid dienone is 2. The monoisotopic (exact) mass is 345 g/mol. The van der Waals surface area contributed by atoms with Gasteiger partial charge in [-0.05, 0) is 47.9 Å². The van der Waals surface area contributed by atoms with E-state index in [1.807, 2.05) is 24.1 Å². The first-order chi connectivity index (χ1) is 11.9. The SMILES string of the molecule is CN(c1ccc(C#N)cc1)C1CN(C2=C=C=C(OC(F)(F)F)C=C2)C1. The number of ether oxygens (including phenoxy) is 1. The van der Waals surface area contributed by atoms with E-state index in [-0.39, 0.29) is 6.04 Å². The van der Waals surface area contributed by atoms with Crippen molar-refractivity contribution in [1.29, 1.82) is 5.26 Å². The van der Waals surface area contributed by atoms with Crippen molar-refractivity contribution in [3.63, 3.8) is 0 Å². The third kappa shape index (κ3) is 3.89. The minimum atomic E-state index is -4.72. The van der Waals surface area contributed by atoms with E-state index in [1.165, 1.54) is 12.2 Å². The standard InChI is InChI=1S/C18H14F3N3O/c1-23(14-4-2-13(10-22)3-5-14)16-11-24(12-16)15-6-8-17(9-7-15)25-18(19,20)21/h2-6,8,16H,11-12H2,1H3. The molecule has 1 heterocycles. The summed E-state index contributed by atoms with van der Waals surface area (Å²) in [5.41, 5.74) is 7.37. The average molecular weight is 345 g/mol. The second kappa shape index (κ2) is 6.45. The summed E-state index contributed by atoms with van der Waals surface area (Å²) in [7, 11) is 1.97. The Kier molecular flexibility index (Phi) is 4.33. The summed E-state index contributed by atoms with van der Waals surface area (Å²) in [5, 5.41) is 8.83. The molecule has 2 aliphatic rings. The number of nitriles is 1. The highest BCUT2D eigenvalue weighted by molar-refractivity contribution is 5.50. The summed E-state index contributed by atoms with van der Waals surface area (Å²) < 4.78 is 40.2. The van der Waals surface area contributed by atoms with Gasteiger partial charge < -0.3 is 14.5 Å². The molecule has 0 bridgehead atoms. The fourth-order valence-electron chi connectivity index (χ4n) is 2.61. The highest BCUT2D eigenvalue weighted by atomic mass is 19.4. The van der Waals surface area contributed by atoms with Crippen molar-refractivity contribution in [3.8, 4) is 6.07 Å². The molecule has 0 N–H and O–H groups in total. The first kappa shape index (κ1) is 16.8. The van der Waals surface area contributed by atoms with E-state index in [2.05, 4.69) is 27.2 Å². The van der Waals surface area contributed by atoms with Gasteiger partial charge in [-0.25, -0.2) is 0 Å². The van der Waals surface area contributed by atoms with Gasteiger partial charge in [-0.1, -0.05) is 0 Å².